The van der Waals surface area contributed by atoms with Gasteiger partial charge in [0, 0.05) is 11.6 Å². The van der Waals surface area contributed by atoms with Gasteiger partial charge in [0.2, 0.25) is 25.2 Å². The predicted octanol–water partition coefficient (Wildman–Crippen LogP) is 3.38. The zero-order valence-corrected chi connectivity index (χ0v) is 14.9. The van der Waals surface area contributed by atoms with Gasteiger partial charge in [-0.05, 0) is 32.0 Å². The maximum atomic E-state index is 14.6. The fourth-order valence-electron chi connectivity index (χ4n) is 3.53. The van der Waals surface area contributed by atoms with Gasteiger partial charge >= 0.3 is 5.69 Å². The molecular weight excluding hydrogens is 374 g/mol. The van der Waals surface area contributed by atoms with Gasteiger partial charge in [-0.15, -0.1) is 0 Å². The fourth-order valence-corrected chi connectivity index (χ4v) is 3.53. The summed E-state index contributed by atoms with van der Waals surface area (Å²) in [5, 5.41) is 0.165. The van der Waals surface area contributed by atoms with Crippen molar-refractivity contribution >= 4 is 10.9 Å². The van der Waals surface area contributed by atoms with Crippen LogP contribution in [0.3, 0.4) is 0 Å². The molecule has 3 aromatic rings. The van der Waals surface area contributed by atoms with Gasteiger partial charge in [0.05, 0.1) is 11.1 Å². The first-order valence-electron chi connectivity index (χ1n) is 8.60. The largest absolute Gasteiger partial charge is 0.454 e. The molecule has 1 aromatic heterocycles. The van der Waals surface area contributed by atoms with Crippen molar-refractivity contribution in [1.29, 1.82) is 0 Å². The number of rotatable bonds is 2. The molecule has 0 spiro atoms. The van der Waals surface area contributed by atoms with Gasteiger partial charge in [0.25, 0.3) is 0 Å². The van der Waals surface area contributed by atoms with Crippen molar-refractivity contribution in [3.8, 4) is 34.3 Å². The molecule has 0 saturated carbocycles. The van der Waals surface area contributed by atoms with E-state index in [0.29, 0.717) is 17.1 Å². The maximum Gasteiger partial charge on any atom is 0.348 e. The van der Waals surface area contributed by atoms with E-state index >= 15 is 0 Å². The molecule has 4 heterocycles. The van der Waals surface area contributed by atoms with Crippen molar-refractivity contribution < 1.29 is 27.7 Å². The maximum absolute atomic E-state index is 14.6. The fraction of sp³-hybridized carbons (Fsp3) is 0.263. The third-order valence-corrected chi connectivity index (χ3v) is 4.73. The molecule has 3 aliphatic heterocycles. The zero-order chi connectivity index (χ0) is 19.6. The molecule has 0 radical (unpaired) electrons. The van der Waals surface area contributed by atoms with Crippen molar-refractivity contribution in [1.82, 2.24) is 9.55 Å². The van der Waals surface area contributed by atoms with Crippen molar-refractivity contribution in [2.45, 2.75) is 19.9 Å². The van der Waals surface area contributed by atoms with Crippen LogP contribution in [-0.2, 0) is 0 Å². The first-order chi connectivity index (χ1) is 13.5. The van der Waals surface area contributed by atoms with Crippen LogP contribution < -0.4 is 24.6 Å². The van der Waals surface area contributed by atoms with Gasteiger partial charge < -0.3 is 18.9 Å². The Kier molecular flexibility index (Phi) is 3.49. The van der Waals surface area contributed by atoms with E-state index in [1.54, 1.807) is 32.0 Å². The van der Waals surface area contributed by atoms with Gasteiger partial charge in [-0.25, -0.2) is 4.79 Å². The number of hydrogen-bond acceptors (Lipinski definition) is 6. The molecule has 6 rings (SSSR count). The number of fused-ring (bicyclic) bond motifs is 4. The third-order valence-electron chi connectivity index (χ3n) is 4.73. The summed E-state index contributed by atoms with van der Waals surface area (Å²) in [6, 6.07) is 4.59. The van der Waals surface area contributed by atoms with Gasteiger partial charge in [-0.2, -0.15) is 13.8 Å². The smallest absolute Gasteiger partial charge is 0.348 e. The summed E-state index contributed by atoms with van der Waals surface area (Å²) in [7, 11) is 0. The van der Waals surface area contributed by atoms with Crippen LogP contribution in [0.1, 0.15) is 19.9 Å². The van der Waals surface area contributed by atoms with E-state index in [0.717, 1.165) is 0 Å². The van der Waals surface area contributed by atoms with Crippen LogP contribution in [0.15, 0.2) is 23.0 Å². The average Bonchev–Trinajstić information content (AvgIpc) is 2.99. The second-order valence-corrected chi connectivity index (χ2v) is 6.69. The lowest BCUT2D eigenvalue weighted by molar-refractivity contribution is 0.124. The number of ether oxygens (including phenoxy) is 4. The highest BCUT2D eigenvalue weighted by atomic mass is 19.2. The van der Waals surface area contributed by atoms with Crippen LogP contribution >= 0.6 is 0 Å². The normalized spacial score (nSPS) is 14.3. The van der Waals surface area contributed by atoms with E-state index in [2.05, 4.69) is 4.98 Å². The lowest BCUT2D eigenvalue weighted by atomic mass is 10.0. The molecule has 0 aliphatic carbocycles. The highest BCUT2D eigenvalue weighted by Gasteiger charge is 2.32. The molecule has 2 bridgehead atoms. The first-order valence-corrected chi connectivity index (χ1v) is 8.60. The minimum Gasteiger partial charge on any atom is -0.454 e. The minimum atomic E-state index is -1.20. The van der Waals surface area contributed by atoms with Crippen molar-refractivity contribution in [3.63, 3.8) is 0 Å². The standard InChI is InChI=1S/C19H14F2N2O5/c1-8(2)23-16-12(17-13(20)14(21)18(16)28-7-27-17)15(22-19(23)24)9-3-4-10-11(5-9)26-6-25-10/h3-5,8H,6-7H2,1-2H3. The van der Waals surface area contributed by atoms with Crippen LogP contribution in [0, 0.1) is 11.6 Å². The summed E-state index contributed by atoms with van der Waals surface area (Å²) in [6.07, 6.45) is 0. The van der Waals surface area contributed by atoms with E-state index in [1.807, 2.05) is 0 Å². The van der Waals surface area contributed by atoms with E-state index in [1.165, 1.54) is 4.57 Å². The summed E-state index contributed by atoms with van der Waals surface area (Å²) < 4.78 is 51.8. The summed E-state index contributed by atoms with van der Waals surface area (Å²) in [5.41, 5.74) is 0.120. The number of hydrogen-bond donors (Lipinski definition) is 0. The number of aromatic nitrogens is 2. The molecule has 3 aliphatic rings. The number of nitrogens with zero attached hydrogens (tertiary/aromatic N) is 2. The summed E-state index contributed by atoms with van der Waals surface area (Å²) in [4.78, 5) is 16.9. The van der Waals surface area contributed by atoms with Gasteiger partial charge in [0.1, 0.15) is 5.52 Å². The Balaban J connectivity index is 1.95. The molecule has 0 amide bonds. The molecule has 9 heteroatoms. The van der Waals surface area contributed by atoms with Crippen LogP contribution in [0.2, 0.25) is 0 Å². The Morgan fingerprint density at radius 1 is 1.00 bits per heavy atom. The van der Waals surface area contributed by atoms with E-state index in [9.17, 15) is 13.6 Å². The first kappa shape index (κ1) is 16.8. The molecule has 0 fully saturated rings. The number of benzene rings is 2. The quantitative estimate of drug-likeness (QED) is 0.670. The second kappa shape index (κ2) is 5.82. The SMILES string of the molecule is CC(C)n1c(=O)nc(-c2ccc3c(c2)OCO3)c2c3c(F)c(F)c(c21)OCO3. The third kappa shape index (κ3) is 2.19. The van der Waals surface area contributed by atoms with E-state index < -0.39 is 17.3 Å². The van der Waals surface area contributed by atoms with E-state index in [4.69, 9.17) is 18.9 Å². The van der Waals surface area contributed by atoms with Crippen molar-refractivity contribution in [2.75, 3.05) is 13.6 Å². The number of halogens is 2. The molecule has 0 N–H and O–H groups in total. The average molecular weight is 388 g/mol. The van der Waals surface area contributed by atoms with Crippen LogP contribution in [0.4, 0.5) is 8.78 Å². The Labute approximate surface area is 157 Å². The topological polar surface area (TPSA) is 71.8 Å². The molecule has 0 unspecified atom stereocenters. The van der Waals surface area contributed by atoms with Crippen molar-refractivity contribution in [3.05, 3.63) is 40.3 Å². The van der Waals surface area contributed by atoms with Crippen LogP contribution in [0.25, 0.3) is 22.2 Å². The van der Waals surface area contributed by atoms with Crippen LogP contribution in [-0.4, -0.2) is 23.1 Å². The summed E-state index contributed by atoms with van der Waals surface area (Å²) in [6.45, 7) is 3.18. The van der Waals surface area contributed by atoms with E-state index in [-0.39, 0.29) is 47.7 Å². The van der Waals surface area contributed by atoms with Gasteiger partial charge in [-0.3, -0.25) is 4.57 Å². The van der Waals surface area contributed by atoms with Gasteiger partial charge in [0.15, 0.2) is 23.0 Å². The zero-order valence-electron chi connectivity index (χ0n) is 14.9. The molecule has 0 atom stereocenters. The van der Waals surface area contributed by atoms with Gasteiger partial charge in [-0.1, -0.05) is 0 Å². The monoisotopic (exact) mass is 388 g/mol. The summed E-state index contributed by atoms with van der Waals surface area (Å²) >= 11 is 0. The molecule has 28 heavy (non-hydrogen) atoms. The molecule has 2 aromatic carbocycles. The predicted molar refractivity (Wildman–Crippen MR) is 94.0 cm³/mol. The van der Waals surface area contributed by atoms with Crippen LogP contribution in [0.5, 0.6) is 23.0 Å². The molecule has 0 saturated heterocycles. The highest BCUT2D eigenvalue weighted by Crippen LogP contribution is 2.46. The lowest BCUT2D eigenvalue weighted by Crippen LogP contribution is -2.26. The lowest BCUT2D eigenvalue weighted by Gasteiger charge is -2.18. The highest BCUT2D eigenvalue weighted by molar-refractivity contribution is 6.01. The Bertz CT molecular complexity index is 1210. The Hall–Kier alpha value is -3.36. The molecule has 7 nitrogen and oxygen atoms in total. The summed E-state index contributed by atoms with van der Waals surface area (Å²) in [5.74, 6) is -2.08. The molecular formula is C19H14F2N2O5. The second-order valence-electron chi connectivity index (χ2n) is 6.69. The Morgan fingerprint density at radius 3 is 2.46 bits per heavy atom. The minimum absolute atomic E-state index is 0.0775. The molecule has 144 valence electrons. The Morgan fingerprint density at radius 2 is 1.68 bits per heavy atom. The van der Waals surface area contributed by atoms with Crippen molar-refractivity contribution in [2.24, 2.45) is 0 Å².